The van der Waals surface area contributed by atoms with Gasteiger partial charge in [-0.3, -0.25) is 5.84 Å². The van der Waals surface area contributed by atoms with Gasteiger partial charge < -0.3 is 5.43 Å². The van der Waals surface area contributed by atoms with Gasteiger partial charge in [0.1, 0.15) is 0 Å². The zero-order chi connectivity index (χ0) is 18.0. The highest BCUT2D eigenvalue weighted by atomic mass is 32.2. The summed E-state index contributed by atoms with van der Waals surface area (Å²) in [7, 11) is 0. The Morgan fingerprint density at radius 3 is 1.80 bits per heavy atom. The van der Waals surface area contributed by atoms with Gasteiger partial charge >= 0.3 is 0 Å². The van der Waals surface area contributed by atoms with E-state index in [0.29, 0.717) is 0 Å². The molecule has 0 fully saturated rings. The van der Waals surface area contributed by atoms with Gasteiger partial charge in [0.25, 0.3) is 0 Å². The van der Waals surface area contributed by atoms with E-state index < -0.39 is 0 Å². The number of nitrogens with two attached hydrogens (primary N) is 1. The van der Waals surface area contributed by atoms with Gasteiger partial charge in [0.2, 0.25) is 0 Å². The van der Waals surface area contributed by atoms with Crippen molar-refractivity contribution in [1.82, 2.24) is 0 Å². The molecule has 0 aliphatic carbocycles. The largest absolute Gasteiger partial charge is 0.324 e. The van der Waals surface area contributed by atoms with Gasteiger partial charge in [-0.25, -0.2) is 0 Å². The van der Waals surface area contributed by atoms with E-state index in [9.17, 15) is 0 Å². The molecule has 0 unspecified atom stereocenters. The van der Waals surface area contributed by atoms with Crippen molar-refractivity contribution in [2.45, 2.75) is 102 Å². The van der Waals surface area contributed by atoms with Crippen LogP contribution in [0.15, 0.2) is 29.2 Å². The molecule has 3 N–H and O–H groups in total. The van der Waals surface area contributed by atoms with Gasteiger partial charge in [-0.2, -0.15) is 0 Å². The van der Waals surface area contributed by atoms with Gasteiger partial charge in [0.15, 0.2) is 0 Å². The van der Waals surface area contributed by atoms with E-state index in [0.717, 1.165) is 5.69 Å². The van der Waals surface area contributed by atoms with Crippen LogP contribution in [0, 0.1) is 0 Å². The predicted molar refractivity (Wildman–Crippen MR) is 115 cm³/mol. The molecule has 2 nitrogen and oxygen atoms in total. The van der Waals surface area contributed by atoms with E-state index in [1.54, 1.807) is 0 Å². The normalized spacial score (nSPS) is 11.0. The molecular formula is C22H40N2S. The number of thioether (sulfide) groups is 1. The maximum Gasteiger partial charge on any atom is 0.0496 e. The van der Waals surface area contributed by atoms with Crippen LogP contribution in [-0.2, 0) is 0 Å². The highest BCUT2D eigenvalue weighted by Gasteiger charge is 1.97. The monoisotopic (exact) mass is 364 g/mol. The Labute approximate surface area is 160 Å². The Morgan fingerprint density at radius 1 is 0.760 bits per heavy atom. The summed E-state index contributed by atoms with van der Waals surface area (Å²) in [6.07, 6.45) is 19.9. The van der Waals surface area contributed by atoms with Crippen molar-refractivity contribution in [2.24, 2.45) is 5.84 Å². The fourth-order valence-electron chi connectivity index (χ4n) is 3.16. The molecule has 1 rings (SSSR count). The fraction of sp³-hybridized carbons (Fsp3) is 0.727. The molecule has 0 heterocycles. The molecule has 1 aromatic carbocycles. The van der Waals surface area contributed by atoms with Crippen LogP contribution < -0.4 is 11.3 Å². The molecule has 0 aliphatic heterocycles. The number of benzene rings is 1. The number of anilines is 1. The average molecular weight is 365 g/mol. The van der Waals surface area contributed by atoms with Crippen LogP contribution in [0.25, 0.3) is 0 Å². The molecule has 0 saturated heterocycles. The molecule has 0 atom stereocenters. The van der Waals surface area contributed by atoms with E-state index in [1.807, 2.05) is 17.8 Å². The topological polar surface area (TPSA) is 38.0 Å². The van der Waals surface area contributed by atoms with Crippen molar-refractivity contribution in [2.75, 3.05) is 11.2 Å². The SMILES string of the molecule is CCCCCCCCCCCCCCCCSc1cccc(NN)c1. The number of hydrogen-bond acceptors (Lipinski definition) is 3. The lowest BCUT2D eigenvalue weighted by Crippen LogP contribution is -2.06. The van der Waals surface area contributed by atoms with Crippen LogP contribution in [0.3, 0.4) is 0 Å². The summed E-state index contributed by atoms with van der Waals surface area (Å²) in [5, 5.41) is 0. The van der Waals surface area contributed by atoms with Crippen LogP contribution >= 0.6 is 11.8 Å². The van der Waals surface area contributed by atoms with Gasteiger partial charge in [-0.15, -0.1) is 11.8 Å². The van der Waals surface area contributed by atoms with Crippen molar-refractivity contribution in [3.8, 4) is 0 Å². The number of unbranched alkanes of at least 4 members (excludes halogenated alkanes) is 13. The molecule has 0 aliphatic rings. The maximum atomic E-state index is 5.45. The Hall–Kier alpha value is -0.670. The van der Waals surface area contributed by atoms with E-state index in [1.165, 1.54) is 101 Å². The molecule has 0 bridgehead atoms. The number of hydrogen-bond donors (Lipinski definition) is 2. The molecular weight excluding hydrogens is 324 g/mol. The highest BCUT2D eigenvalue weighted by molar-refractivity contribution is 7.99. The van der Waals surface area contributed by atoms with Gasteiger partial charge in [0, 0.05) is 10.6 Å². The van der Waals surface area contributed by atoms with Gasteiger partial charge in [-0.05, 0) is 30.4 Å². The van der Waals surface area contributed by atoms with Gasteiger partial charge in [0.05, 0.1) is 0 Å². The predicted octanol–water partition coefficient (Wildman–Crippen LogP) is 7.55. The molecule has 144 valence electrons. The third-order valence-corrected chi connectivity index (χ3v) is 5.85. The first-order valence-corrected chi connectivity index (χ1v) is 11.5. The lowest BCUT2D eigenvalue weighted by atomic mass is 10.0. The zero-order valence-electron chi connectivity index (χ0n) is 16.4. The van der Waals surface area contributed by atoms with Crippen molar-refractivity contribution >= 4 is 17.4 Å². The first-order chi connectivity index (χ1) is 12.4. The second kappa shape index (κ2) is 16.8. The minimum Gasteiger partial charge on any atom is -0.324 e. The smallest absolute Gasteiger partial charge is 0.0496 e. The number of rotatable bonds is 17. The van der Waals surface area contributed by atoms with Crippen molar-refractivity contribution < 1.29 is 0 Å². The molecule has 0 radical (unpaired) electrons. The van der Waals surface area contributed by atoms with Crippen LogP contribution in [0.2, 0.25) is 0 Å². The van der Waals surface area contributed by atoms with Gasteiger partial charge in [-0.1, -0.05) is 96.5 Å². The Morgan fingerprint density at radius 2 is 1.28 bits per heavy atom. The first kappa shape index (κ1) is 22.4. The lowest BCUT2D eigenvalue weighted by Gasteiger charge is -2.05. The Bertz CT molecular complexity index is 409. The Balaban J connectivity index is 1.80. The van der Waals surface area contributed by atoms with Crippen LogP contribution in [-0.4, -0.2) is 5.75 Å². The fourth-order valence-corrected chi connectivity index (χ4v) is 4.13. The summed E-state index contributed by atoms with van der Waals surface area (Å²) in [4.78, 5) is 1.31. The van der Waals surface area contributed by atoms with Crippen LogP contribution in [0.4, 0.5) is 5.69 Å². The Kier molecular flexibility index (Phi) is 15.0. The number of hydrazine groups is 1. The molecule has 0 saturated carbocycles. The minimum atomic E-state index is 0.992. The van der Waals surface area contributed by atoms with E-state index in [2.05, 4.69) is 30.5 Å². The third-order valence-electron chi connectivity index (χ3n) is 4.77. The van der Waals surface area contributed by atoms with Crippen LogP contribution in [0.5, 0.6) is 0 Å². The molecule has 3 heteroatoms. The maximum absolute atomic E-state index is 5.45. The summed E-state index contributed by atoms with van der Waals surface area (Å²) in [6, 6.07) is 8.34. The van der Waals surface area contributed by atoms with Crippen LogP contribution in [0.1, 0.15) is 96.8 Å². The van der Waals surface area contributed by atoms with E-state index >= 15 is 0 Å². The number of nitrogens with one attached hydrogen (secondary N) is 1. The van der Waals surface area contributed by atoms with E-state index in [-0.39, 0.29) is 0 Å². The zero-order valence-corrected chi connectivity index (χ0v) is 17.2. The van der Waals surface area contributed by atoms with Crippen molar-refractivity contribution in [1.29, 1.82) is 0 Å². The standard InChI is InChI=1S/C22H40N2S/c1-2-3-4-5-6-7-8-9-10-11-12-13-14-15-19-25-22-18-16-17-21(20-22)24-23/h16-18,20,24H,2-15,19,23H2,1H3. The average Bonchev–Trinajstić information content (AvgIpc) is 2.65. The molecule has 1 aromatic rings. The quantitative estimate of drug-likeness (QED) is 0.130. The summed E-state index contributed by atoms with van der Waals surface area (Å²) in [6.45, 7) is 2.29. The summed E-state index contributed by atoms with van der Waals surface area (Å²) < 4.78 is 0. The molecule has 0 spiro atoms. The second-order valence-corrected chi connectivity index (χ2v) is 8.29. The lowest BCUT2D eigenvalue weighted by molar-refractivity contribution is 0.538. The molecule has 25 heavy (non-hydrogen) atoms. The van der Waals surface area contributed by atoms with Crippen molar-refractivity contribution in [3.63, 3.8) is 0 Å². The second-order valence-electron chi connectivity index (χ2n) is 7.12. The summed E-state index contributed by atoms with van der Waals surface area (Å²) in [5.74, 6) is 6.66. The van der Waals surface area contributed by atoms with Crippen molar-refractivity contribution in [3.05, 3.63) is 24.3 Å². The first-order valence-electron chi connectivity index (χ1n) is 10.6. The molecule has 0 aromatic heterocycles. The third kappa shape index (κ3) is 13.2. The number of nitrogen functional groups attached to an aromatic ring is 1. The highest BCUT2D eigenvalue weighted by Crippen LogP contribution is 2.22. The summed E-state index contributed by atoms with van der Waals surface area (Å²) >= 11 is 1.94. The molecule has 0 amide bonds. The van der Waals surface area contributed by atoms with E-state index in [4.69, 9.17) is 5.84 Å². The summed E-state index contributed by atoms with van der Waals surface area (Å²) in [5.41, 5.74) is 3.70. The minimum absolute atomic E-state index is 0.992.